The van der Waals surface area contributed by atoms with Crippen molar-refractivity contribution in [2.45, 2.75) is 37.1 Å². The summed E-state index contributed by atoms with van der Waals surface area (Å²) >= 11 is 0. The van der Waals surface area contributed by atoms with Crippen LogP contribution in [0.3, 0.4) is 0 Å². The molecule has 6 nitrogen and oxygen atoms in total. The lowest BCUT2D eigenvalue weighted by Crippen LogP contribution is -2.39. The number of hydrogen-bond donors (Lipinski definition) is 0. The number of nitrogens with zero attached hydrogens (tertiary/aromatic N) is 4. The zero-order valence-electron chi connectivity index (χ0n) is 12.9. The molecule has 0 bridgehead atoms. The van der Waals surface area contributed by atoms with E-state index >= 15 is 0 Å². The van der Waals surface area contributed by atoms with E-state index in [0.717, 1.165) is 12.2 Å². The normalized spacial score (nSPS) is 17.5. The first-order valence-electron chi connectivity index (χ1n) is 7.66. The number of hydrogen-bond acceptors (Lipinski definition) is 4. The molecule has 0 amide bonds. The van der Waals surface area contributed by atoms with Gasteiger partial charge in [-0.3, -0.25) is 0 Å². The van der Waals surface area contributed by atoms with E-state index in [1.165, 1.54) is 28.6 Å². The van der Waals surface area contributed by atoms with Gasteiger partial charge in [0, 0.05) is 25.6 Å². The van der Waals surface area contributed by atoms with Crippen LogP contribution < -0.4 is 0 Å². The minimum Gasteiger partial charge on any atom is -0.314 e. The van der Waals surface area contributed by atoms with E-state index in [2.05, 4.69) is 10.2 Å². The second-order valence-electron chi connectivity index (χ2n) is 5.60. The van der Waals surface area contributed by atoms with Crippen LogP contribution in [-0.4, -0.2) is 40.6 Å². The fourth-order valence-electron chi connectivity index (χ4n) is 2.94. The van der Waals surface area contributed by atoms with E-state index in [0.29, 0.717) is 25.9 Å². The van der Waals surface area contributed by atoms with Crippen LogP contribution in [0.15, 0.2) is 35.5 Å². The summed E-state index contributed by atoms with van der Waals surface area (Å²) < 4.78 is 41.7. The van der Waals surface area contributed by atoms with Gasteiger partial charge in [-0.05, 0) is 37.1 Å². The minimum absolute atomic E-state index is 0.135. The van der Waals surface area contributed by atoms with E-state index in [-0.39, 0.29) is 10.9 Å². The summed E-state index contributed by atoms with van der Waals surface area (Å²) in [5.74, 6) is 0.479. The molecule has 8 heteroatoms. The van der Waals surface area contributed by atoms with Crippen molar-refractivity contribution in [2.75, 3.05) is 13.1 Å². The third-order valence-electron chi connectivity index (χ3n) is 4.23. The summed E-state index contributed by atoms with van der Waals surface area (Å²) in [6.07, 6.45) is 3.94. The van der Waals surface area contributed by atoms with Crippen molar-refractivity contribution in [2.24, 2.45) is 0 Å². The molecule has 1 aromatic heterocycles. The molecule has 3 rings (SSSR count). The SMILES string of the molecule is CCc1nncn1C1CCN(S(=O)(=O)c2ccc(F)cc2)CC1. The Morgan fingerprint density at radius 1 is 1.22 bits per heavy atom. The molecule has 1 aromatic carbocycles. The average Bonchev–Trinajstić information content (AvgIpc) is 3.04. The van der Waals surface area contributed by atoms with E-state index in [1.54, 1.807) is 6.33 Å². The van der Waals surface area contributed by atoms with E-state index < -0.39 is 15.8 Å². The zero-order valence-corrected chi connectivity index (χ0v) is 13.7. The van der Waals surface area contributed by atoms with E-state index in [9.17, 15) is 12.8 Å². The third-order valence-corrected chi connectivity index (χ3v) is 6.14. The first-order chi connectivity index (χ1) is 11.0. The lowest BCUT2D eigenvalue weighted by atomic mass is 10.1. The molecule has 124 valence electrons. The molecule has 23 heavy (non-hydrogen) atoms. The summed E-state index contributed by atoms with van der Waals surface area (Å²) in [6, 6.07) is 5.19. The zero-order chi connectivity index (χ0) is 16.4. The van der Waals surface area contributed by atoms with Gasteiger partial charge < -0.3 is 4.57 Å². The Bertz CT molecular complexity index is 765. The topological polar surface area (TPSA) is 68.1 Å². The number of rotatable bonds is 4. The van der Waals surface area contributed by atoms with Gasteiger partial charge in [0.2, 0.25) is 10.0 Å². The highest BCUT2D eigenvalue weighted by molar-refractivity contribution is 7.89. The highest BCUT2D eigenvalue weighted by atomic mass is 32.2. The van der Waals surface area contributed by atoms with Crippen molar-refractivity contribution in [3.05, 3.63) is 42.2 Å². The second-order valence-corrected chi connectivity index (χ2v) is 7.54. The van der Waals surface area contributed by atoms with Gasteiger partial charge in [-0.1, -0.05) is 6.92 Å². The Hall–Kier alpha value is -1.80. The summed E-state index contributed by atoms with van der Waals surface area (Å²) in [5, 5.41) is 8.02. The number of piperidine rings is 1. The number of aromatic nitrogens is 3. The molecule has 0 aliphatic carbocycles. The molecule has 0 radical (unpaired) electrons. The fourth-order valence-corrected chi connectivity index (χ4v) is 4.41. The second kappa shape index (κ2) is 6.37. The maximum absolute atomic E-state index is 13.0. The van der Waals surface area contributed by atoms with Crippen molar-refractivity contribution in [3.63, 3.8) is 0 Å². The lowest BCUT2D eigenvalue weighted by molar-refractivity contribution is 0.270. The standard InChI is InChI=1S/C15H19FN4O2S/c1-2-15-18-17-11-20(15)13-7-9-19(10-8-13)23(21,22)14-5-3-12(16)4-6-14/h3-6,11,13H,2,7-10H2,1H3. The van der Waals surface area contributed by atoms with Crippen molar-refractivity contribution in [1.82, 2.24) is 19.1 Å². The monoisotopic (exact) mass is 338 g/mol. The van der Waals surface area contributed by atoms with Gasteiger partial charge in [0.25, 0.3) is 0 Å². The Morgan fingerprint density at radius 3 is 2.48 bits per heavy atom. The van der Waals surface area contributed by atoms with Gasteiger partial charge in [-0.15, -0.1) is 10.2 Å². The lowest BCUT2D eigenvalue weighted by Gasteiger charge is -2.32. The van der Waals surface area contributed by atoms with Gasteiger partial charge in [-0.2, -0.15) is 4.31 Å². The van der Waals surface area contributed by atoms with Crippen molar-refractivity contribution in [3.8, 4) is 0 Å². The van der Waals surface area contributed by atoms with Gasteiger partial charge in [-0.25, -0.2) is 12.8 Å². The van der Waals surface area contributed by atoms with Crippen LogP contribution >= 0.6 is 0 Å². The molecule has 1 aliphatic rings. The predicted octanol–water partition coefficient (Wildman–Crippen LogP) is 2.01. The Morgan fingerprint density at radius 2 is 1.87 bits per heavy atom. The summed E-state index contributed by atoms with van der Waals surface area (Å²) in [6.45, 7) is 2.89. The molecule has 1 saturated heterocycles. The molecule has 0 atom stereocenters. The van der Waals surface area contributed by atoms with Crippen LogP contribution in [0.1, 0.15) is 31.6 Å². The molecule has 0 spiro atoms. The molecule has 0 N–H and O–H groups in total. The van der Waals surface area contributed by atoms with Crippen LogP contribution in [0, 0.1) is 5.82 Å². The van der Waals surface area contributed by atoms with Crippen molar-refractivity contribution in [1.29, 1.82) is 0 Å². The minimum atomic E-state index is -3.56. The molecule has 1 fully saturated rings. The quantitative estimate of drug-likeness (QED) is 0.855. The van der Waals surface area contributed by atoms with Gasteiger partial charge in [0.15, 0.2) is 0 Å². The fraction of sp³-hybridized carbons (Fsp3) is 0.467. The number of benzene rings is 1. The highest BCUT2D eigenvalue weighted by Crippen LogP contribution is 2.27. The molecular weight excluding hydrogens is 319 g/mol. The molecule has 1 aliphatic heterocycles. The van der Waals surface area contributed by atoms with Gasteiger partial charge >= 0.3 is 0 Å². The third kappa shape index (κ3) is 3.13. The molecule has 0 saturated carbocycles. The van der Waals surface area contributed by atoms with Crippen molar-refractivity contribution >= 4 is 10.0 Å². The maximum Gasteiger partial charge on any atom is 0.243 e. The largest absolute Gasteiger partial charge is 0.314 e. The summed E-state index contributed by atoms with van der Waals surface area (Å²) in [7, 11) is -3.56. The Balaban J connectivity index is 1.72. The Labute approximate surface area is 135 Å². The van der Waals surface area contributed by atoms with Crippen LogP contribution in [0.5, 0.6) is 0 Å². The van der Waals surface area contributed by atoms with Gasteiger partial charge in [0.1, 0.15) is 18.0 Å². The number of aryl methyl sites for hydroxylation is 1. The van der Waals surface area contributed by atoms with Crippen LogP contribution in [0.25, 0.3) is 0 Å². The van der Waals surface area contributed by atoms with E-state index in [4.69, 9.17) is 0 Å². The molecular formula is C15H19FN4O2S. The predicted molar refractivity (Wildman–Crippen MR) is 82.8 cm³/mol. The smallest absolute Gasteiger partial charge is 0.243 e. The molecule has 2 aromatic rings. The first kappa shape index (κ1) is 16.1. The molecule has 2 heterocycles. The maximum atomic E-state index is 13.0. The number of sulfonamides is 1. The van der Waals surface area contributed by atoms with Crippen LogP contribution in [-0.2, 0) is 16.4 Å². The highest BCUT2D eigenvalue weighted by Gasteiger charge is 2.30. The van der Waals surface area contributed by atoms with Crippen molar-refractivity contribution < 1.29 is 12.8 Å². The van der Waals surface area contributed by atoms with Gasteiger partial charge in [0.05, 0.1) is 4.90 Å². The Kier molecular flexibility index (Phi) is 4.45. The molecule has 0 unspecified atom stereocenters. The first-order valence-corrected chi connectivity index (χ1v) is 9.10. The number of halogens is 1. The van der Waals surface area contributed by atoms with Crippen LogP contribution in [0.4, 0.5) is 4.39 Å². The van der Waals surface area contributed by atoms with Crippen LogP contribution in [0.2, 0.25) is 0 Å². The summed E-state index contributed by atoms with van der Waals surface area (Å²) in [5.41, 5.74) is 0. The average molecular weight is 338 g/mol. The van der Waals surface area contributed by atoms with E-state index in [1.807, 2.05) is 11.5 Å². The summed E-state index contributed by atoms with van der Waals surface area (Å²) in [4.78, 5) is 0.135.